The first-order valence-corrected chi connectivity index (χ1v) is 7.28. The van der Waals surface area contributed by atoms with Gasteiger partial charge in [-0.05, 0) is 27.2 Å². The Morgan fingerprint density at radius 2 is 2.19 bits per heavy atom. The lowest BCUT2D eigenvalue weighted by Crippen LogP contribution is -2.48. The highest BCUT2D eigenvalue weighted by atomic mass is 16.5. The molecule has 0 aliphatic carbocycles. The lowest BCUT2D eigenvalue weighted by atomic mass is 10.1. The van der Waals surface area contributed by atoms with E-state index >= 15 is 0 Å². The molecule has 0 saturated heterocycles. The number of hydrogen-bond acceptors (Lipinski definition) is 5. The SMILES string of the molecule is CCOC(=O)C1=C(CN(CCCO)C(C)C)NC(=O)NC1. The zero-order chi connectivity index (χ0) is 15.8. The van der Waals surface area contributed by atoms with Gasteiger partial charge in [0.1, 0.15) is 0 Å². The van der Waals surface area contributed by atoms with Crippen molar-refractivity contribution >= 4 is 12.0 Å². The normalized spacial score (nSPS) is 15.2. The Balaban J connectivity index is 2.89. The van der Waals surface area contributed by atoms with E-state index in [2.05, 4.69) is 15.5 Å². The van der Waals surface area contributed by atoms with Gasteiger partial charge in [-0.3, -0.25) is 4.90 Å². The number of nitrogens with one attached hydrogen (secondary N) is 2. The van der Waals surface area contributed by atoms with Crippen LogP contribution in [0.5, 0.6) is 0 Å². The average molecular weight is 299 g/mol. The number of aliphatic hydroxyl groups is 1. The summed E-state index contributed by atoms with van der Waals surface area (Å²) in [5.41, 5.74) is 1.02. The summed E-state index contributed by atoms with van der Waals surface area (Å²) in [6.07, 6.45) is 0.645. The Kier molecular flexibility index (Phi) is 7.18. The third kappa shape index (κ3) is 5.35. The summed E-state index contributed by atoms with van der Waals surface area (Å²) >= 11 is 0. The molecule has 0 atom stereocenters. The molecule has 2 amide bonds. The summed E-state index contributed by atoms with van der Waals surface area (Å²) < 4.78 is 5.02. The quantitative estimate of drug-likeness (QED) is 0.557. The van der Waals surface area contributed by atoms with Gasteiger partial charge in [0.25, 0.3) is 0 Å². The lowest BCUT2D eigenvalue weighted by molar-refractivity contribution is -0.138. The van der Waals surface area contributed by atoms with Crippen molar-refractivity contribution in [1.29, 1.82) is 0 Å². The van der Waals surface area contributed by atoms with Gasteiger partial charge in [0.2, 0.25) is 0 Å². The molecule has 7 nitrogen and oxygen atoms in total. The predicted molar refractivity (Wildman–Crippen MR) is 78.6 cm³/mol. The van der Waals surface area contributed by atoms with Gasteiger partial charge >= 0.3 is 12.0 Å². The molecular weight excluding hydrogens is 274 g/mol. The van der Waals surface area contributed by atoms with Crippen molar-refractivity contribution in [2.75, 3.05) is 32.8 Å². The van der Waals surface area contributed by atoms with E-state index in [9.17, 15) is 9.59 Å². The van der Waals surface area contributed by atoms with Crippen molar-refractivity contribution in [2.45, 2.75) is 33.2 Å². The lowest BCUT2D eigenvalue weighted by Gasteiger charge is -2.30. The van der Waals surface area contributed by atoms with Crippen molar-refractivity contribution in [1.82, 2.24) is 15.5 Å². The number of ether oxygens (including phenoxy) is 1. The van der Waals surface area contributed by atoms with Crippen LogP contribution in [0.4, 0.5) is 4.79 Å². The molecule has 3 N–H and O–H groups in total. The third-order valence-corrected chi connectivity index (χ3v) is 3.27. The fourth-order valence-corrected chi connectivity index (χ4v) is 2.08. The second kappa shape index (κ2) is 8.63. The van der Waals surface area contributed by atoms with Gasteiger partial charge in [0.15, 0.2) is 0 Å². The summed E-state index contributed by atoms with van der Waals surface area (Å²) in [6.45, 7) is 7.52. The molecule has 0 unspecified atom stereocenters. The van der Waals surface area contributed by atoms with E-state index in [1.54, 1.807) is 6.92 Å². The van der Waals surface area contributed by atoms with E-state index in [0.29, 0.717) is 37.4 Å². The number of esters is 1. The van der Waals surface area contributed by atoms with Crippen LogP contribution in [0, 0.1) is 0 Å². The van der Waals surface area contributed by atoms with Crippen molar-refractivity contribution in [3.05, 3.63) is 11.3 Å². The van der Waals surface area contributed by atoms with Crippen LogP contribution in [-0.4, -0.2) is 60.9 Å². The Hall–Kier alpha value is -1.60. The molecule has 0 saturated carbocycles. The number of nitrogens with zero attached hydrogens (tertiary/aromatic N) is 1. The molecule has 0 spiro atoms. The van der Waals surface area contributed by atoms with E-state index in [1.165, 1.54) is 0 Å². The summed E-state index contributed by atoms with van der Waals surface area (Å²) in [5, 5.41) is 14.2. The maximum absolute atomic E-state index is 12.0. The third-order valence-electron chi connectivity index (χ3n) is 3.27. The largest absolute Gasteiger partial charge is 0.463 e. The van der Waals surface area contributed by atoms with Crippen LogP contribution in [0.25, 0.3) is 0 Å². The molecule has 1 aliphatic heterocycles. The molecule has 0 fully saturated rings. The summed E-state index contributed by atoms with van der Waals surface area (Å²) in [6, 6.07) is -0.0804. The average Bonchev–Trinajstić information content (AvgIpc) is 2.43. The van der Waals surface area contributed by atoms with Gasteiger partial charge in [-0.1, -0.05) is 0 Å². The molecule has 0 aromatic heterocycles. The fraction of sp³-hybridized carbons (Fsp3) is 0.714. The Labute approximate surface area is 125 Å². The number of urea groups is 1. The van der Waals surface area contributed by atoms with Crippen LogP contribution in [0.3, 0.4) is 0 Å². The Morgan fingerprint density at radius 1 is 1.48 bits per heavy atom. The van der Waals surface area contributed by atoms with Crippen molar-refractivity contribution in [3.8, 4) is 0 Å². The van der Waals surface area contributed by atoms with E-state index in [0.717, 1.165) is 0 Å². The topological polar surface area (TPSA) is 90.9 Å². The second-order valence-electron chi connectivity index (χ2n) is 5.13. The van der Waals surface area contributed by atoms with Gasteiger partial charge in [-0.15, -0.1) is 0 Å². The minimum absolute atomic E-state index is 0.112. The molecule has 1 rings (SSSR count). The van der Waals surface area contributed by atoms with E-state index in [-0.39, 0.29) is 25.2 Å². The van der Waals surface area contributed by atoms with Gasteiger partial charge in [-0.25, -0.2) is 9.59 Å². The fourth-order valence-electron chi connectivity index (χ4n) is 2.08. The summed E-state index contributed by atoms with van der Waals surface area (Å²) in [5.74, 6) is -0.411. The van der Waals surface area contributed by atoms with Crippen LogP contribution in [0.2, 0.25) is 0 Å². The second-order valence-corrected chi connectivity index (χ2v) is 5.13. The van der Waals surface area contributed by atoms with E-state index in [1.807, 2.05) is 13.8 Å². The minimum atomic E-state index is -0.411. The highest BCUT2D eigenvalue weighted by Crippen LogP contribution is 2.12. The van der Waals surface area contributed by atoms with Crippen molar-refractivity contribution in [2.24, 2.45) is 0 Å². The van der Waals surface area contributed by atoms with Crippen LogP contribution in [-0.2, 0) is 9.53 Å². The smallest absolute Gasteiger partial charge is 0.337 e. The highest BCUT2D eigenvalue weighted by Gasteiger charge is 2.25. The number of carbonyl (C=O) groups is 2. The minimum Gasteiger partial charge on any atom is -0.463 e. The first-order chi connectivity index (χ1) is 9.99. The first kappa shape index (κ1) is 17.5. The van der Waals surface area contributed by atoms with Gasteiger partial charge in [0, 0.05) is 31.4 Å². The molecule has 1 heterocycles. The number of amides is 2. The highest BCUT2D eigenvalue weighted by molar-refractivity contribution is 5.93. The molecule has 21 heavy (non-hydrogen) atoms. The van der Waals surface area contributed by atoms with Gasteiger partial charge in [0.05, 0.1) is 18.7 Å². The van der Waals surface area contributed by atoms with Crippen LogP contribution in [0.15, 0.2) is 11.3 Å². The molecule has 1 aliphatic rings. The van der Waals surface area contributed by atoms with Crippen molar-refractivity contribution in [3.63, 3.8) is 0 Å². The number of hydrogen-bond donors (Lipinski definition) is 3. The Bertz CT molecular complexity index is 407. The number of carbonyl (C=O) groups excluding carboxylic acids is 2. The zero-order valence-corrected chi connectivity index (χ0v) is 12.9. The maximum Gasteiger partial charge on any atom is 0.337 e. The molecular formula is C14H25N3O4. The molecule has 7 heteroatoms. The number of rotatable bonds is 8. The summed E-state index contributed by atoms with van der Waals surface area (Å²) in [4.78, 5) is 25.5. The van der Waals surface area contributed by atoms with Gasteiger partial charge in [-0.2, -0.15) is 0 Å². The van der Waals surface area contributed by atoms with Crippen LogP contribution >= 0.6 is 0 Å². The van der Waals surface area contributed by atoms with Crippen LogP contribution < -0.4 is 10.6 Å². The van der Waals surface area contributed by atoms with Gasteiger partial charge < -0.3 is 20.5 Å². The van der Waals surface area contributed by atoms with Crippen LogP contribution in [0.1, 0.15) is 27.2 Å². The van der Waals surface area contributed by atoms with E-state index in [4.69, 9.17) is 9.84 Å². The standard InChI is InChI=1S/C14H25N3O4/c1-4-21-13(19)11-8-15-14(20)16-12(11)9-17(10(2)3)6-5-7-18/h10,18H,4-9H2,1-3H3,(H2,15,16,20). The summed E-state index contributed by atoms with van der Waals surface area (Å²) in [7, 11) is 0. The Morgan fingerprint density at radius 3 is 2.76 bits per heavy atom. The van der Waals surface area contributed by atoms with Crippen molar-refractivity contribution < 1.29 is 19.4 Å². The molecule has 0 radical (unpaired) electrons. The van der Waals surface area contributed by atoms with E-state index < -0.39 is 5.97 Å². The first-order valence-electron chi connectivity index (χ1n) is 7.28. The predicted octanol–water partition coefficient (Wildman–Crippen LogP) is 0.209. The molecule has 0 aromatic rings. The maximum atomic E-state index is 12.0. The zero-order valence-electron chi connectivity index (χ0n) is 12.9. The number of aliphatic hydroxyl groups excluding tert-OH is 1. The monoisotopic (exact) mass is 299 g/mol. The molecule has 0 aromatic carbocycles. The molecule has 120 valence electrons. The molecule has 0 bridgehead atoms.